The molecule has 0 saturated carbocycles. The molecule has 0 spiro atoms. The number of benzene rings is 1. The van der Waals surface area contributed by atoms with Gasteiger partial charge in [-0.2, -0.15) is 0 Å². The van der Waals surface area contributed by atoms with Gasteiger partial charge in [0.2, 0.25) is 0 Å². The zero-order valence-electron chi connectivity index (χ0n) is 12.3. The van der Waals surface area contributed by atoms with Crippen LogP contribution in [0.3, 0.4) is 0 Å². The third kappa shape index (κ3) is 3.10. The van der Waals surface area contributed by atoms with E-state index in [9.17, 15) is 13.2 Å². The van der Waals surface area contributed by atoms with E-state index >= 15 is 0 Å². The molecule has 22 heavy (non-hydrogen) atoms. The minimum atomic E-state index is -2.84. The molecule has 2 fully saturated rings. The predicted molar refractivity (Wildman–Crippen MR) is 83.7 cm³/mol. The normalized spacial score (nSPS) is 25.2. The minimum absolute atomic E-state index is 0.254. The third-order valence-corrected chi connectivity index (χ3v) is 6.08. The number of amides is 1. The summed E-state index contributed by atoms with van der Waals surface area (Å²) in [7, 11) is -2.84. The first kappa shape index (κ1) is 15.3. The largest absolute Gasteiger partial charge is 0.443 e. The molecule has 1 atom stereocenters. The molecule has 0 radical (unpaired) electrons. The fourth-order valence-corrected chi connectivity index (χ4v) is 4.50. The van der Waals surface area contributed by atoms with Crippen molar-refractivity contribution in [3.8, 4) is 0 Å². The summed E-state index contributed by atoms with van der Waals surface area (Å²) < 4.78 is 28.1. The summed E-state index contributed by atoms with van der Waals surface area (Å²) in [6.07, 6.45) is 0.716. The lowest BCUT2D eigenvalue weighted by atomic mass is 9.93. The number of carbonyl (C=O) groups is 1. The number of hydrogen-bond donors (Lipinski definition) is 1. The predicted octanol–water partition coefficient (Wildman–Crippen LogP) is 1.26. The summed E-state index contributed by atoms with van der Waals surface area (Å²) >= 11 is 0. The molecule has 1 amide bonds. The molecule has 1 unspecified atom stereocenters. The molecule has 1 aromatic rings. The highest BCUT2D eigenvalue weighted by Gasteiger charge is 2.31. The van der Waals surface area contributed by atoms with Crippen molar-refractivity contribution in [2.75, 3.05) is 29.5 Å². The molecule has 3 rings (SSSR count). The smallest absolute Gasteiger partial charge is 0.414 e. The van der Waals surface area contributed by atoms with Crippen LogP contribution in [0.2, 0.25) is 0 Å². The van der Waals surface area contributed by atoms with E-state index in [1.54, 1.807) is 4.90 Å². The first-order chi connectivity index (χ1) is 10.5. The Morgan fingerprint density at radius 1 is 1.18 bits per heavy atom. The molecule has 1 aromatic carbocycles. The van der Waals surface area contributed by atoms with Gasteiger partial charge in [0.1, 0.15) is 15.9 Å². The summed E-state index contributed by atoms with van der Waals surface area (Å²) in [5.74, 6) is 0.798. The molecule has 2 heterocycles. The van der Waals surface area contributed by atoms with Gasteiger partial charge in [-0.25, -0.2) is 13.2 Å². The van der Waals surface area contributed by atoms with Crippen LogP contribution in [-0.4, -0.2) is 45.2 Å². The van der Waals surface area contributed by atoms with E-state index in [0.717, 1.165) is 11.3 Å². The molecular weight excluding hydrogens is 304 g/mol. The Morgan fingerprint density at radius 2 is 1.82 bits per heavy atom. The van der Waals surface area contributed by atoms with Crippen molar-refractivity contribution in [2.45, 2.75) is 24.9 Å². The lowest BCUT2D eigenvalue weighted by Gasteiger charge is -2.23. The SMILES string of the molecule is NCC1CN(c2ccc(C3CCS(=O)(=O)CC3)cc2)C(=O)O1. The van der Waals surface area contributed by atoms with Crippen LogP contribution in [0.5, 0.6) is 0 Å². The van der Waals surface area contributed by atoms with Crippen molar-refractivity contribution in [3.05, 3.63) is 29.8 Å². The van der Waals surface area contributed by atoms with Crippen LogP contribution in [0.15, 0.2) is 24.3 Å². The number of nitrogens with zero attached hydrogens (tertiary/aromatic N) is 1. The Bertz CT molecular complexity index is 643. The third-order valence-electron chi connectivity index (χ3n) is 4.37. The zero-order valence-corrected chi connectivity index (χ0v) is 13.1. The van der Waals surface area contributed by atoms with E-state index in [1.807, 2.05) is 24.3 Å². The lowest BCUT2D eigenvalue weighted by Crippen LogP contribution is -2.27. The maximum Gasteiger partial charge on any atom is 0.414 e. The summed E-state index contributed by atoms with van der Waals surface area (Å²) in [4.78, 5) is 13.4. The number of cyclic esters (lactones) is 1. The van der Waals surface area contributed by atoms with E-state index < -0.39 is 9.84 Å². The summed E-state index contributed by atoms with van der Waals surface area (Å²) in [6.45, 7) is 0.785. The number of carbonyl (C=O) groups excluding carboxylic acids is 1. The number of anilines is 1. The Labute approximate surface area is 130 Å². The molecule has 2 N–H and O–H groups in total. The quantitative estimate of drug-likeness (QED) is 0.904. The Hall–Kier alpha value is -1.60. The molecule has 2 saturated heterocycles. The standard InChI is InChI=1S/C15H20N2O4S/c16-9-14-10-17(15(18)21-14)13-3-1-11(2-4-13)12-5-7-22(19,20)8-6-12/h1-4,12,14H,5-10,16H2. The highest BCUT2D eigenvalue weighted by Crippen LogP contribution is 2.31. The molecular formula is C15H20N2O4S. The van der Waals surface area contributed by atoms with Gasteiger partial charge in [0.15, 0.2) is 0 Å². The number of rotatable bonds is 3. The monoisotopic (exact) mass is 324 g/mol. The van der Waals surface area contributed by atoms with Gasteiger partial charge in [0.05, 0.1) is 18.1 Å². The van der Waals surface area contributed by atoms with Crippen LogP contribution < -0.4 is 10.6 Å². The van der Waals surface area contributed by atoms with Crippen LogP contribution in [0, 0.1) is 0 Å². The van der Waals surface area contributed by atoms with Gasteiger partial charge < -0.3 is 10.5 Å². The van der Waals surface area contributed by atoms with E-state index in [4.69, 9.17) is 10.5 Å². The van der Waals surface area contributed by atoms with E-state index in [2.05, 4.69) is 0 Å². The van der Waals surface area contributed by atoms with Gasteiger partial charge in [-0.3, -0.25) is 4.90 Å². The minimum Gasteiger partial charge on any atom is -0.443 e. The fourth-order valence-electron chi connectivity index (χ4n) is 3.00. The molecule has 120 valence electrons. The highest BCUT2D eigenvalue weighted by atomic mass is 32.2. The molecule has 2 aliphatic heterocycles. The topological polar surface area (TPSA) is 89.7 Å². The lowest BCUT2D eigenvalue weighted by molar-refractivity contribution is 0.145. The van der Waals surface area contributed by atoms with Gasteiger partial charge in [0, 0.05) is 12.2 Å². The second-order valence-corrected chi connectivity index (χ2v) is 8.17. The van der Waals surface area contributed by atoms with E-state index in [0.29, 0.717) is 25.9 Å². The van der Waals surface area contributed by atoms with Crippen LogP contribution in [0.1, 0.15) is 24.3 Å². The van der Waals surface area contributed by atoms with E-state index in [-0.39, 0.29) is 29.6 Å². The van der Waals surface area contributed by atoms with Gasteiger partial charge in [-0.1, -0.05) is 12.1 Å². The summed E-state index contributed by atoms with van der Waals surface area (Å²) in [5, 5.41) is 0. The zero-order chi connectivity index (χ0) is 15.7. The molecule has 7 heteroatoms. The van der Waals surface area contributed by atoms with Crippen LogP contribution in [0.4, 0.5) is 10.5 Å². The van der Waals surface area contributed by atoms with Crippen LogP contribution >= 0.6 is 0 Å². The van der Waals surface area contributed by atoms with Gasteiger partial charge in [-0.05, 0) is 36.5 Å². The van der Waals surface area contributed by atoms with Crippen LogP contribution in [0.25, 0.3) is 0 Å². The number of ether oxygens (including phenoxy) is 1. The average molecular weight is 324 g/mol. The fraction of sp³-hybridized carbons (Fsp3) is 0.533. The van der Waals surface area contributed by atoms with Crippen molar-refractivity contribution in [1.29, 1.82) is 0 Å². The van der Waals surface area contributed by atoms with Crippen molar-refractivity contribution in [2.24, 2.45) is 5.73 Å². The second kappa shape index (κ2) is 5.89. The van der Waals surface area contributed by atoms with Crippen molar-refractivity contribution < 1.29 is 17.9 Å². The molecule has 6 nitrogen and oxygen atoms in total. The summed E-state index contributed by atoms with van der Waals surface area (Å²) in [6, 6.07) is 7.72. The maximum absolute atomic E-state index is 11.8. The number of sulfone groups is 1. The average Bonchev–Trinajstić information content (AvgIpc) is 2.89. The number of hydrogen-bond acceptors (Lipinski definition) is 5. The summed E-state index contributed by atoms with van der Waals surface area (Å²) in [5.41, 5.74) is 7.44. The van der Waals surface area contributed by atoms with Crippen molar-refractivity contribution in [1.82, 2.24) is 0 Å². The Morgan fingerprint density at radius 3 is 2.36 bits per heavy atom. The first-order valence-corrected chi connectivity index (χ1v) is 9.29. The van der Waals surface area contributed by atoms with Gasteiger partial charge in [-0.15, -0.1) is 0 Å². The maximum atomic E-state index is 11.8. The van der Waals surface area contributed by atoms with Gasteiger partial charge >= 0.3 is 6.09 Å². The first-order valence-electron chi connectivity index (χ1n) is 7.47. The number of nitrogens with two attached hydrogens (primary N) is 1. The van der Waals surface area contributed by atoms with Crippen molar-refractivity contribution >= 4 is 21.6 Å². The second-order valence-electron chi connectivity index (χ2n) is 5.87. The van der Waals surface area contributed by atoms with Crippen LogP contribution in [-0.2, 0) is 14.6 Å². The Kier molecular flexibility index (Phi) is 4.10. The molecule has 2 aliphatic rings. The highest BCUT2D eigenvalue weighted by molar-refractivity contribution is 7.91. The van der Waals surface area contributed by atoms with Crippen molar-refractivity contribution in [3.63, 3.8) is 0 Å². The molecule has 0 aromatic heterocycles. The Balaban J connectivity index is 1.70. The van der Waals surface area contributed by atoms with E-state index in [1.165, 1.54) is 0 Å². The molecule has 0 bridgehead atoms. The van der Waals surface area contributed by atoms with Gasteiger partial charge in [0.25, 0.3) is 0 Å². The molecule has 0 aliphatic carbocycles.